The van der Waals surface area contributed by atoms with Crippen molar-refractivity contribution in [2.24, 2.45) is 39.1 Å². The number of carbonyl (C=O) groups excluding carboxylic acids is 1. The Kier molecular flexibility index (Phi) is 4.58. The Morgan fingerprint density at radius 1 is 1.06 bits per heavy atom. The molecule has 1 aromatic carbocycles. The largest absolute Gasteiger partial charge is 0.392 e. The van der Waals surface area contributed by atoms with E-state index in [-0.39, 0.29) is 23.5 Å². The summed E-state index contributed by atoms with van der Waals surface area (Å²) in [5.41, 5.74) is 1.82. The number of fused-ring (bicyclic) bond motifs is 2. The first-order valence-electron chi connectivity index (χ1n) is 12.4. The summed E-state index contributed by atoms with van der Waals surface area (Å²) in [4.78, 5) is 13.6. The van der Waals surface area contributed by atoms with Crippen molar-refractivity contribution in [1.82, 2.24) is 0 Å². The van der Waals surface area contributed by atoms with Gasteiger partial charge in [-0.05, 0) is 56.1 Å². The van der Waals surface area contributed by atoms with Crippen LogP contribution in [0.2, 0.25) is 0 Å². The van der Waals surface area contributed by atoms with Crippen LogP contribution in [0.15, 0.2) is 29.4 Å². The fraction of sp³-hybridized carbons (Fsp3) is 0.692. The van der Waals surface area contributed by atoms with E-state index in [1.165, 1.54) is 0 Å². The predicted octanol–water partition coefficient (Wildman–Crippen LogP) is 1.60. The topological polar surface area (TPSA) is 132 Å². The predicted molar refractivity (Wildman–Crippen MR) is 124 cm³/mol. The zero-order valence-corrected chi connectivity index (χ0v) is 19.9. The van der Waals surface area contributed by atoms with Crippen LogP contribution in [-0.4, -0.2) is 62.6 Å². The molecule has 6 fully saturated rings. The lowest BCUT2D eigenvalue weighted by atomic mass is 9.35. The first kappa shape index (κ1) is 22.6. The quantitative estimate of drug-likeness (QED) is 0.415. The highest BCUT2D eigenvalue weighted by atomic mass is 16.6. The van der Waals surface area contributed by atoms with E-state index in [1.54, 1.807) is 0 Å². The average Bonchev–Trinajstić information content (AvgIpc) is 2.90. The van der Waals surface area contributed by atoms with Gasteiger partial charge in [-0.25, -0.2) is 0 Å². The van der Waals surface area contributed by atoms with Gasteiger partial charge in [-0.3, -0.25) is 10.2 Å². The van der Waals surface area contributed by atoms with Crippen LogP contribution in [0.1, 0.15) is 45.1 Å². The lowest BCUT2D eigenvalue weighted by Crippen LogP contribution is -2.85. The number of hydrogen-bond donors (Lipinski definition) is 5. The monoisotopic (exact) mass is 470 g/mol. The molecule has 2 saturated heterocycles. The molecule has 9 atom stereocenters. The Bertz CT molecular complexity index is 1070. The van der Waals surface area contributed by atoms with E-state index in [2.05, 4.69) is 24.4 Å². The van der Waals surface area contributed by atoms with Gasteiger partial charge >= 0.3 is 0 Å². The van der Waals surface area contributed by atoms with Gasteiger partial charge in [0.25, 0.3) is 0 Å². The maximum absolute atomic E-state index is 13.6. The number of aryl methyl sites for hydroxylation is 1. The number of ether oxygens (including phenoxy) is 1. The van der Waals surface area contributed by atoms with Crippen molar-refractivity contribution in [2.75, 3.05) is 12.0 Å². The van der Waals surface area contributed by atoms with Crippen LogP contribution in [0.3, 0.4) is 0 Å². The number of anilines is 1. The second kappa shape index (κ2) is 6.89. The summed E-state index contributed by atoms with van der Waals surface area (Å²) < 4.78 is 6.03. The number of aliphatic hydroxyl groups is 4. The minimum atomic E-state index is -2.18. The first-order chi connectivity index (χ1) is 16.0. The molecule has 6 aliphatic rings. The van der Waals surface area contributed by atoms with Gasteiger partial charge in [0.1, 0.15) is 17.2 Å². The Hall–Kier alpha value is -1.84. The molecule has 1 aromatic rings. The molecule has 2 heterocycles. The van der Waals surface area contributed by atoms with Gasteiger partial charge in [-0.1, -0.05) is 31.5 Å². The zero-order chi connectivity index (χ0) is 24.3. The normalized spacial score (nSPS) is 49.6. The Morgan fingerprint density at radius 2 is 1.76 bits per heavy atom. The molecule has 7 rings (SSSR count). The van der Waals surface area contributed by atoms with Crippen LogP contribution in [0.4, 0.5) is 5.69 Å². The number of hydrogen-bond acceptors (Lipinski definition) is 8. The number of carbonyl (C=O) groups is 1. The van der Waals surface area contributed by atoms with Crippen LogP contribution in [0.25, 0.3) is 0 Å². The fourth-order valence-corrected chi connectivity index (χ4v) is 8.67. The maximum atomic E-state index is 13.6. The number of rotatable bonds is 2. The van der Waals surface area contributed by atoms with Crippen molar-refractivity contribution in [1.29, 1.82) is 0 Å². The molecule has 184 valence electrons. The van der Waals surface area contributed by atoms with Crippen molar-refractivity contribution < 1.29 is 30.0 Å². The number of nitrogens with one attached hydrogen (secondary N) is 1. The molecule has 0 amide bonds. The van der Waals surface area contributed by atoms with Crippen molar-refractivity contribution in [3.8, 4) is 0 Å². The third-order valence-corrected chi connectivity index (χ3v) is 10.1. The number of nitrogens with zero attached hydrogens (tertiary/aromatic N) is 1. The molecular weight excluding hydrogens is 436 g/mol. The lowest BCUT2D eigenvalue weighted by molar-refractivity contribution is -0.455. The smallest absolute Gasteiger partial charge is 0.206 e. The SMILES string of the molecule is Cc1ccc(N/N=C2\C(=O)[C@@H]3CCC4C2([C@@H]3O)[C@@]2(O)OC[C@@]43C([C@@H]2O)C(C)(C)CC[C@@H]3O)cc1. The molecule has 8 nitrogen and oxygen atoms in total. The van der Waals surface area contributed by atoms with Crippen LogP contribution < -0.4 is 5.43 Å². The van der Waals surface area contributed by atoms with Crippen molar-refractivity contribution in [3.63, 3.8) is 0 Å². The third-order valence-electron chi connectivity index (χ3n) is 10.1. The summed E-state index contributed by atoms with van der Waals surface area (Å²) >= 11 is 0. The van der Waals surface area contributed by atoms with Gasteiger partial charge in [0.05, 0.1) is 30.4 Å². The molecule has 8 heteroatoms. The summed E-state index contributed by atoms with van der Waals surface area (Å²) in [5, 5.41) is 51.4. The summed E-state index contributed by atoms with van der Waals surface area (Å²) in [5.74, 6) is -4.14. The molecule has 2 aliphatic heterocycles. The number of benzene rings is 1. The minimum Gasteiger partial charge on any atom is -0.392 e. The first-order valence-corrected chi connectivity index (χ1v) is 12.4. The molecule has 2 spiro atoms. The maximum Gasteiger partial charge on any atom is 0.206 e. The highest BCUT2D eigenvalue weighted by Crippen LogP contribution is 2.75. The summed E-state index contributed by atoms with van der Waals surface area (Å²) in [6, 6.07) is 7.51. The van der Waals surface area contributed by atoms with Gasteiger partial charge in [0.15, 0.2) is 5.78 Å². The van der Waals surface area contributed by atoms with E-state index >= 15 is 0 Å². The second-order valence-electron chi connectivity index (χ2n) is 11.9. The highest BCUT2D eigenvalue weighted by molar-refractivity contribution is 6.45. The van der Waals surface area contributed by atoms with Crippen molar-refractivity contribution in [2.45, 2.75) is 70.6 Å². The summed E-state index contributed by atoms with van der Waals surface area (Å²) in [6.45, 7) is 6.16. The molecule has 4 bridgehead atoms. The van der Waals surface area contributed by atoms with Crippen molar-refractivity contribution in [3.05, 3.63) is 29.8 Å². The summed E-state index contributed by atoms with van der Waals surface area (Å²) in [7, 11) is 0. The standard InChI is InChI=1S/C26H34N2O6/c1-13-4-6-14(7-5-13)27-28-20-18(30)15-8-9-16-24-12-34-26(33,25(16,20)21(15)31)22(32)19(24)23(2,3)11-10-17(24)29/h4-7,15-17,19,21-22,27,29,31-33H,8-12H2,1-3H3/b28-20+/t15-,16?,17-,19?,21+,22-,24+,25?,26-/m0/s1. The van der Waals surface area contributed by atoms with E-state index in [9.17, 15) is 25.2 Å². The van der Waals surface area contributed by atoms with Gasteiger partial charge in [0, 0.05) is 11.3 Å². The van der Waals surface area contributed by atoms with Gasteiger partial charge < -0.3 is 25.2 Å². The lowest BCUT2D eigenvalue weighted by Gasteiger charge is -2.75. The Labute approximate surface area is 199 Å². The molecule has 4 aliphatic carbocycles. The summed E-state index contributed by atoms with van der Waals surface area (Å²) in [6.07, 6.45) is -1.20. The van der Waals surface area contributed by atoms with E-state index in [1.807, 2.05) is 31.2 Å². The Morgan fingerprint density at radius 3 is 2.47 bits per heavy atom. The molecule has 34 heavy (non-hydrogen) atoms. The number of Topliss-reactive ketones (excluding diaryl/α,β-unsaturated/α-hetero) is 1. The second-order valence-corrected chi connectivity index (χ2v) is 11.9. The molecule has 3 unspecified atom stereocenters. The molecule has 0 radical (unpaired) electrons. The van der Waals surface area contributed by atoms with E-state index < -0.39 is 52.7 Å². The minimum absolute atomic E-state index is 0.0164. The van der Waals surface area contributed by atoms with Crippen LogP contribution in [0.5, 0.6) is 0 Å². The van der Waals surface area contributed by atoms with Crippen LogP contribution >= 0.6 is 0 Å². The molecule has 0 aromatic heterocycles. The zero-order valence-electron chi connectivity index (χ0n) is 19.9. The number of hydrazone groups is 1. The highest BCUT2D eigenvalue weighted by Gasteiger charge is 2.87. The van der Waals surface area contributed by atoms with E-state index in [4.69, 9.17) is 4.74 Å². The van der Waals surface area contributed by atoms with E-state index in [0.717, 1.165) is 5.56 Å². The molecule has 4 saturated carbocycles. The molecule has 5 N–H and O–H groups in total. The molecular formula is C26H34N2O6. The van der Waals surface area contributed by atoms with E-state index in [0.29, 0.717) is 31.4 Å². The average molecular weight is 471 g/mol. The van der Waals surface area contributed by atoms with Gasteiger partial charge in [-0.2, -0.15) is 5.10 Å². The van der Waals surface area contributed by atoms with Gasteiger partial charge in [-0.15, -0.1) is 0 Å². The van der Waals surface area contributed by atoms with Gasteiger partial charge in [0.2, 0.25) is 5.79 Å². The van der Waals surface area contributed by atoms with Crippen molar-refractivity contribution >= 4 is 17.2 Å². The van der Waals surface area contributed by atoms with Crippen LogP contribution in [-0.2, 0) is 9.53 Å². The number of aliphatic hydroxyl groups excluding tert-OH is 3. The number of ketones is 1. The Balaban J connectivity index is 1.55. The fourth-order valence-electron chi connectivity index (χ4n) is 8.67. The van der Waals surface area contributed by atoms with Crippen LogP contribution in [0, 0.1) is 40.9 Å². The third kappa shape index (κ3) is 2.36.